The summed E-state index contributed by atoms with van der Waals surface area (Å²) >= 11 is 7.64. The van der Waals surface area contributed by atoms with Gasteiger partial charge in [-0.1, -0.05) is 48.0 Å². The molecule has 1 atom stereocenters. The molecule has 0 saturated carbocycles. The van der Waals surface area contributed by atoms with Crippen LogP contribution in [0, 0.1) is 0 Å². The molecule has 2 aromatic carbocycles. The van der Waals surface area contributed by atoms with Crippen molar-refractivity contribution in [2.45, 2.75) is 18.2 Å². The third-order valence-electron chi connectivity index (χ3n) is 4.32. The second-order valence-electron chi connectivity index (χ2n) is 6.24. The van der Waals surface area contributed by atoms with E-state index in [0.717, 1.165) is 11.3 Å². The number of thioether (sulfide) groups is 1. The first-order valence-corrected chi connectivity index (χ1v) is 11.7. The third kappa shape index (κ3) is 4.81. The average Bonchev–Trinajstić information content (AvgIpc) is 2.97. The summed E-state index contributed by atoms with van der Waals surface area (Å²) in [5, 5.41) is 0.689. The van der Waals surface area contributed by atoms with Crippen LogP contribution in [0.25, 0.3) is 0 Å². The maximum atomic E-state index is 12.9. The number of anilines is 1. The number of amides is 1. The maximum Gasteiger partial charge on any atom is 0.237 e. The van der Waals surface area contributed by atoms with Crippen LogP contribution in [0.5, 0.6) is 0 Å². The van der Waals surface area contributed by atoms with Gasteiger partial charge in [0.1, 0.15) is 0 Å². The molecule has 0 unspecified atom stereocenters. The predicted octanol–water partition coefficient (Wildman–Crippen LogP) is 3.79. The fourth-order valence-corrected chi connectivity index (χ4v) is 5.93. The van der Waals surface area contributed by atoms with Crippen molar-refractivity contribution in [3.63, 3.8) is 0 Å². The first kappa shape index (κ1) is 19.3. The molecule has 0 spiro atoms. The molecule has 0 radical (unpaired) electrons. The zero-order valence-electron chi connectivity index (χ0n) is 14.2. The van der Waals surface area contributed by atoms with Crippen LogP contribution in [0.2, 0.25) is 5.02 Å². The minimum atomic E-state index is -3.07. The van der Waals surface area contributed by atoms with E-state index in [4.69, 9.17) is 11.6 Å². The molecule has 1 fully saturated rings. The van der Waals surface area contributed by atoms with Gasteiger partial charge in [-0.3, -0.25) is 4.79 Å². The molecule has 138 valence electrons. The van der Waals surface area contributed by atoms with Gasteiger partial charge < -0.3 is 4.90 Å². The lowest BCUT2D eigenvalue weighted by Gasteiger charge is -2.28. The molecule has 0 aliphatic carbocycles. The summed E-state index contributed by atoms with van der Waals surface area (Å²) < 4.78 is 23.8. The molecule has 1 aliphatic heterocycles. The normalized spacial score (nSPS) is 18.6. The van der Waals surface area contributed by atoms with Crippen molar-refractivity contribution in [3.05, 3.63) is 65.2 Å². The van der Waals surface area contributed by atoms with Gasteiger partial charge in [-0.2, -0.15) is 0 Å². The average molecular weight is 410 g/mol. The molecule has 2 aromatic rings. The fraction of sp³-hybridized carbons (Fsp3) is 0.316. The van der Waals surface area contributed by atoms with E-state index >= 15 is 0 Å². The number of para-hydroxylation sites is 1. The van der Waals surface area contributed by atoms with Crippen LogP contribution < -0.4 is 4.90 Å². The second-order valence-corrected chi connectivity index (χ2v) is 9.86. The van der Waals surface area contributed by atoms with E-state index in [1.807, 2.05) is 54.6 Å². The molecule has 4 nitrogen and oxygen atoms in total. The van der Waals surface area contributed by atoms with Gasteiger partial charge >= 0.3 is 0 Å². The van der Waals surface area contributed by atoms with Gasteiger partial charge in [0.05, 0.1) is 23.3 Å². The van der Waals surface area contributed by atoms with E-state index < -0.39 is 9.84 Å². The van der Waals surface area contributed by atoms with Gasteiger partial charge in [-0.05, 0) is 30.2 Å². The molecule has 7 heteroatoms. The Morgan fingerprint density at radius 1 is 1.12 bits per heavy atom. The molecule has 1 amide bonds. The lowest BCUT2D eigenvalue weighted by Crippen LogP contribution is -2.42. The van der Waals surface area contributed by atoms with Gasteiger partial charge in [0.25, 0.3) is 0 Å². The van der Waals surface area contributed by atoms with E-state index in [1.165, 1.54) is 11.8 Å². The first-order valence-electron chi connectivity index (χ1n) is 8.35. The molecule has 1 saturated heterocycles. The summed E-state index contributed by atoms with van der Waals surface area (Å²) in [6.45, 7) is 0. The number of benzene rings is 2. The quantitative estimate of drug-likeness (QED) is 0.728. The summed E-state index contributed by atoms with van der Waals surface area (Å²) in [6, 6.07) is 16.6. The van der Waals surface area contributed by atoms with Crippen LogP contribution in [0.15, 0.2) is 54.6 Å². The monoisotopic (exact) mass is 409 g/mol. The Morgan fingerprint density at radius 2 is 1.81 bits per heavy atom. The Bertz CT molecular complexity index is 871. The number of rotatable bonds is 6. The topological polar surface area (TPSA) is 54.5 Å². The molecule has 1 heterocycles. The van der Waals surface area contributed by atoms with Crippen LogP contribution in [-0.2, 0) is 20.4 Å². The summed E-state index contributed by atoms with van der Waals surface area (Å²) in [7, 11) is -3.07. The number of nitrogens with zero attached hydrogens (tertiary/aromatic N) is 1. The van der Waals surface area contributed by atoms with E-state index in [2.05, 4.69) is 0 Å². The van der Waals surface area contributed by atoms with Crippen molar-refractivity contribution in [3.8, 4) is 0 Å². The van der Waals surface area contributed by atoms with E-state index in [0.29, 0.717) is 17.2 Å². The highest BCUT2D eigenvalue weighted by Crippen LogP contribution is 2.26. The maximum absolute atomic E-state index is 12.9. The summed E-state index contributed by atoms with van der Waals surface area (Å²) in [5.74, 6) is 1.01. The summed E-state index contributed by atoms with van der Waals surface area (Å²) in [6.07, 6.45) is 0.484. The molecule has 0 bridgehead atoms. The Kier molecular flexibility index (Phi) is 6.27. The van der Waals surface area contributed by atoms with Gasteiger partial charge in [-0.25, -0.2) is 8.42 Å². The lowest BCUT2D eigenvalue weighted by atomic mass is 10.2. The molecule has 1 aliphatic rings. The molecular weight excluding hydrogens is 390 g/mol. The molecule has 0 N–H and O–H groups in total. The molecule has 26 heavy (non-hydrogen) atoms. The van der Waals surface area contributed by atoms with Gasteiger partial charge in [0.2, 0.25) is 5.91 Å². The van der Waals surface area contributed by atoms with Crippen LogP contribution in [0.4, 0.5) is 5.69 Å². The van der Waals surface area contributed by atoms with E-state index in [9.17, 15) is 13.2 Å². The standard InChI is InChI=1S/C19H20ClNO3S2/c20-18-9-5-4-6-15(18)12-25-13-19(22)21(16-7-2-1-3-8-16)17-10-11-26(23,24)14-17/h1-9,17H,10-14H2/t17-/m0/s1. The fourth-order valence-electron chi connectivity index (χ4n) is 3.06. The highest BCUT2D eigenvalue weighted by Gasteiger charge is 2.35. The molecule has 3 rings (SSSR count). The van der Waals surface area contributed by atoms with E-state index in [1.54, 1.807) is 4.90 Å². The zero-order valence-corrected chi connectivity index (χ0v) is 16.6. The lowest BCUT2D eigenvalue weighted by molar-refractivity contribution is -0.116. The number of carbonyl (C=O) groups is 1. The third-order valence-corrected chi connectivity index (χ3v) is 7.40. The number of sulfone groups is 1. The Labute approximate surface area is 163 Å². The van der Waals surface area contributed by atoms with Crippen LogP contribution in [-0.4, -0.2) is 37.6 Å². The summed E-state index contributed by atoms with van der Waals surface area (Å²) in [5.41, 5.74) is 1.74. The second kappa shape index (κ2) is 8.46. The highest BCUT2D eigenvalue weighted by molar-refractivity contribution is 7.99. The summed E-state index contributed by atoms with van der Waals surface area (Å²) in [4.78, 5) is 14.6. The number of halogens is 1. The Balaban J connectivity index is 1.70. The smallest absolute Gasteiger partial charge is 0.237 e. The minimum Gasteiger partial charge on any atom is -0.308 e. The Hall–Kier alpha value is -1.50. The zero-order chi connectivity index (χ0) is 18.6. The largest absolute Gasteiger partial charge is 0.308 e. The molecule has 0 aromatic heterocycles. The van der Waals surface area contributed by atoms with Crippen LogP contribution >= 0.6 is 23.4 Å². The predicted molar refractivity (Wildman–Crippen MR) is 109 cm³/mol. The molecular formula is C19H20ClNO3S2. The SMILES string of the molecule is O=C(CSCc1ccccc1Cl)N(c1ccccc1)[C@H]1CCS(=O)(=O)C1. The van der Waals surface area contributed by atoms with Crippen LogP contribution in [0.3, 0.4) is 0 Å². The van der Waals surface area contributed by atoms with Gasteiger partial charge in [0, 0.05) is 16.5 Å². The van der Waals surface area contributed by atoms with Crippen molar-refractivity contribution < 1.29 is 13.2 Å². The van der Waals surface area contributed by atoms with Crippen molar-refractivity contribution in [2.75, 3.05) is 22.2 Å². The van der Waals surface area contributed by atoms with Crippen molar-refractivity contribution >= 4 is 44.8 Å². The van der Waals surface area contributed by atoms with Crippen molar-refractivity contribution in [1.29, 1.82) is 0 Å². The number of hydrogen-bond acceptors (Lipinski definition) is 4. The highest BCUT2D eigenvalue weighted by atomic mass is 35.5. The van der Waals surface area contributed by atoms with Crippen LogP contribution in [0.1, 0.15) is 12.0 Å². The first-order chi connectivity index (χ1) is 12.5. The van der Waals surface area contributed by atoms with Gasteiger partial charge in [-0.15, -0.1) is 11.8 Å². The van der Waals surface area contributed by atoms with Crippen molar-refractivity contribution in [1.82, 2.24) is 0 Å². The van der Waals surface area contributed by atoms with Gasteiger partial charge in [0.15, 0.2) is 9.84 Å². The van der Waals surface area contributed by atoms with E-state index in [-0.39, 0.29) is 29.2 Å². The number of hydrogen-bond donors (Lipinski definition) is 0. The number of carbonyl (C=O) groups excluding carboxylic acids is 1. The minimum absolute atomic E-state index is 0.0306. The van der Waals surface area contributed by atoms with Crippen molar-refractivity contribution in [2.24, 2.45) is 0 Å². The Morgan fingerprint density at radius 3 is 2.46 bits per heavy atom.